The Balaban J connectivity index is 1.67. The summed E-state index contributed by atoms with van der Waals surface area (Å²) in [6.07, 6.45) is 1.75. The summed E-state index contributed by atoms with van der Waals surface area (Å²) in [6, 6.07) is 6.24. The SMILES string of the molecule is C[C@@H](NC(=O)c1csc(Cc2ccccc2F)n1)c1ncn[nH]1. The van der Waals surface area contributed by atoms with Crippen molar-refractivity contribution in [2.24, 2.45) is 0 Å². The first-order valence-electron chi connectivity index (χ1n) is 6.97. The van der Waals surface area contributed by atoms with Crippen LogP contribution in [0.25, 0.3) is 0 Å². The quantitative estimate of drug-likeness (QED) is 0.752. The highest BCUT2D eigenvalue weighted by molar-refractivity contribution is 7.09. The fourth-order valence-corrected chi connectivity index (χ4v) is 2.86. The van der Waals surface area contributed by atoms with E-state index in [4.69, 9.17) is 0 Å². The fourth-order valence-electron chi connectivity index (χ4n) is 2.06. The highest BCUT2D eigenvalue weighted by Gasteiger charge is 2.16. The second kappa shape index (κ2) is 6.66. The number of aromatic nitrogens is 4. The van der Waals surface area contributed by atoms with Crippen molar-refractivity contribution in [2.45, 2.75) is 19.4 Å². The molecule has 1 aromatic carbocycles. The molecule has 0 bridgehead atoms. The molecule has 0 aliphatic heterocycles. The minimum absolute atomic E-state index is 0.271. The van der Waals surface area contributed by atoms with Gasteiger partial charge in [-0.2, -0.15) is 5.10 Å². The minimum Gasteiger partial charge on any atom is -0.341 e. The lowest BCUT2D eigenvalue weighted by molar-refractivity contribution is 0.0934. The zero-order valence-electron chi connectivity index (χ0n) is 12.3. The fraction of sp³-hybridized carbons (Fsp3) is 0.200. The van der Waals surface area contributed by atoms with Crippen molar-refractivity contribution in [1.82, 2.24) is 25.5 Å². The maximum Gasteiger partial charge on any atom is 0.271 e. The summed E-state index contributed by atoms with van der Waals surface area (Å²) in [5.41, 5.74) is 0.872. The number of carbonyl (C=O) groups is 1. The molecule has 8 heteroatoms. The van der Waals surface area contributed by atoms with Crippen molar-refractivity contribution < 1.29 is 9.18 Å². The summed E-state index contributed by atoms with van der Waals surface area (Å²) in [5, 5.41) is 11.6. The van der Waals surface area contributed by atoms with Crippen molar-refractivity contribution in [3.05, 3.63) is 63.9 Å². The Morgan fingerprint density at radius 3 is 3.00 bits per heavy atom. The van der Waals surface area contributed by atoms with E-state index < -0.39 is 0 Å². The summed E-state index contributed by atoms with van der Waals surface area (Å²) in [5.74, 6) is -0.00210. The molecule has 118 valence electrons. The van der Waals surface area contributed by atoms with E-state index in [1.165, 1.54) is 23.7 Å². The van der Waals surface area contributed by atoms with Crippen LogP contribution in [0.15, 0.2) is 36.0 Å². The molecule has 0 saturated carbocycles. The molecule has 1 atom stereocenters. The van der Waals surface area contributed by atoms with Gasteiger partial charge in [0.15, 0.2) is 0 Å². The van der Waals surface area contributed by atoms with Crippen LogP contribution >= 0.6 is 11.3 Å². The molecule has 0 spiro atoms. The Morgan fingerprint density at radius 2 is 2.26 bits per heavy atom. The van der Waals surface area contributed by atoms with Crippen molar-refractivity contribution in [3.8, 4) is 0 Å². The van der Waals surface area contributed by atoms with Gasteiger partial charge in [-0.25, -0.2) is 14.4 Å². The topological polar surface area (TPSA) is 83.6 Å². The monoisotopic (exact) mass is 331 g/mol. The van der Waals surface area contributed by atoms with E-state index in [-0.39, 0.29) is 17.8 Å². The molecule has 0 aliphatic rings. The number of nitrogens with zero attached hydrogens (tertiary/aromatic N) is 3. The van der Waals surface area contributed by atoms with Crippen molar-refractivity contribution in [3.63, 3.8) is 0 Å². The zero-order chi connectivity index (χ0) is 16.2. The molecular weight excluding hydrogens is 317 g/mol. The molecule has 0 saturated heterocycles. The van der Waals surface area contributed by atoms with E-state index in [9.17, 15) is 9.18 Å². The van der Waals surface area contributed by atoms with E-state index in [0.29, 0.717) is 28.5 Å². The van der Waals surface area contributed by atoms with Gasteiger partial charge in [0.1, 0.15) is 23.7 Å². The first-order valence-corrected chi connectivity index (χ1v) is 7.85. The van der Waals surface area contributed by atoms with Crippen LogP contribution in [0, 0.1) is 5.82 Å². The second-order valence-corrected chi connectivity index (χ2v) is 5.90. The van der Waals surface area contributed by atoms with Crippen molar-refractivity contribution in [2.75, 3.05) is 0 Å². The highest BCUT2D eigenvalue weighted by atomic mass is 32.1. The number of thiazole rings is 1. The minimum atomic E-state index is -0.304. The number of amides is 1. The summed E-state index contributed by atoms with van der Waals surface area (Å²) < 4.78 is 13.7. The lowest BCUT2D eigenvalue weighted by atomic mass is 10.1. The van der Waals surface area contributed by atoms with Crippen LogP contribution in [0.4, 0.5) is 4.39 Å². The molecule has 2 aromatic heterocycles. The number of hydrogen-bond acceptors (Lipinski definition) is 5. The molecule has 0 fully saturated rings. The number of nitrogens with one attached hydrogen (secondary N) is 2. The average Bonchev–Trinajstić information content (AvgIpc) is 3.21. The maximum atomic E-state index is 13.7. The Kier molecular flexibility index (Phi) is 4.42. The normalized spacial score (nSPS) is 12.1. The van der Waals surface area contributed by atoms with Crippen LogP contribution in [-0.4, -0.2) is 26.1 Å². The summed E-state index contributed by atoms with van der Waals surface area (Å²) >= 11 is 1.33. The van der Waals surface area contributed by atoms with E-state index >= 15 is 0 Å². The molecule has 0 aliphatic carbocycles. The largest absolute Gasteiger partial charge is 0.341 e. The van der Waals surface area contributed by atoms with Crippen LogP contribution < -0.4 is 5.32 Å². The van der Waals surface area contributed by atoms with E-state index in [2.05, 4.69) is 25.5 Å². The third-order valence-corrected chi connectivity index (χ3v) is 4.12. The number of carbonyl (C=O) groups excluding carboxylic acids is 1. The van der Waals surface area contributed by atoms with Crippen molar-refractivity contribution >= 4 is 17.2 Å². The summed E-state index contributed by atoms with van der Waals surface area (Å²) in [7, 11) is 0. The molecule has 6 nitrogen and oxygen atoms in total. The van der Waals surface area contributed by atoms with Crippen LogP contribution in [0.2, 0.25) is 0 Å². The predicted octanol–water partition coefficient (Wildman–Crippen LogP) is 2.48. The van der Waals surface area contributed by atoms with E-state index in [1.54, 1.807) is 30.5 Å². The van der Waals surface area contributed by atoms with Crippen LogP contribution in [-0.2, 0) is 6.42 Å². The molecule has 23 heavy (non-hydrogen) atoms. The van der Waals surface area contributed by atoms with Gasteiger partial charge < -0.3 is 5.32 Å². The van der Waals surface area contributed by atoms with Crippen LogP contribution in [0.3, 0.4) is 0 Å². The number of halogens is 1. The van der Waals surface area contributed by atoms with Gasteiger partial charge >= 0.3 is 0 Å². The lowest BCUT2D eigenvalue weighted by Crippen LogP contribution is -2.27. The number of aromatic amines is 1. The lowest BCUT2D eigenvalue weighted by Gasteiger charge is -2.09. The molecule has 1 amide bonds. The Hall–Kier alpha value is -2.61. The first kappa shape index (κ1) is 15.3. The molecule has 3 aromatic rings. The van der Waals surface area contributed by atoms with Gasteiger partial charge in [0, 0.05) is 11.8 Å². The van der Waals surface area contributed by atoms with E-state index in [0.717, 1.165) is 0 Å². The van der Waals surface area contributed by atoms with Crippen LogP contribution in [0.1, 0.15) is 39.8 Å². The van der Waals surface area contributed by atoms with Gasteiger partial charge in [0.05, 0.1) is 11.0 Å². The number of hydrogen-bond donors (Lipinski definition) is 2. The van der Waals surface area contributed by atoms with Gasteiger partial charge in [-0.05, 0) is 18.6 Å². The third-order valence-electron chi connectivity index (χ3n) is 3.28. The molecular formula is C15H14FN5OS. The van der Waals surface area contributed by atoms with Gasteiger partial charge in [0.2, 0.25) is 0 Å². The average molecular weight is 331 g/mol. The molecule has 2 N–H and O–H groups in total. The molecule has 0 radical (unpaired) electrons. The van der Waals surface area contributed by atoms with Crippen LogP contribution in [0.5, 0.6) is 0 Å². The van der Waals surface area contributed by atoms with Gasteiger partial charge in [-0.3, -0.25) is 9.89 Å². The van der Waals surface area contributed by atoms with Crippen molar-refractivity contribution in [1.29, 1.82) is 0 Å². The Labute approximate surface area is 135 Å². The molecule has 3 rings (SSSR count). The Morgan fingerprint density at radius 1 is 1.43 bits per heavy atom. The number of H-pyrrole nitrogens is 1. The van der Waals surface area contributed by atoms with E-state index in [1.807, 2.05) is 0 Å². The Bertz CT molecular complexity index is 802. The summed E-state index contributed by atoms with van der Waals surface area (Å²) in [6.45, 7) is 1.80. The first-order chi connectivity index (χ1) is 11.1. The maximum absolute atomic E-state index is 13.7. The number of benzene rings is 1. The summed E-state index contributed by atoms with van der Waals surface area (Å²) in [4.78, 5) is 20.4. The second-order valence-electron chi connectivity index (χ2n) is 4.96. The van der Waals surface area contributed by atoms with Gasteiger partial charge in [-0.15, -0.1) is 11.3 Å². The van der Waals surface area contributed by atoms with Gasteiger partial charge in [-0.1, -0.05) is 18.2 Å². The third kappa shape index (κ3) is 3.59. The standard InChI is InChI=1S/C15H14FN5OS/c1-9(14-17-8-18-21-14)19-15(22)12-7-23-13(20-12)6-10-4-2-3-5-11(10)16/h2-5,7-9H,6H2,1H3,(H,19,22)(H,17,18,21)/t9-/m1/s1. The molecule has 0 unspecified atom stereocenters. The zero-order valence-corrected chi connectivity index (χ0v) is 13.1. The molecule has 2 heterocycles. The smallest absolute Gasteiger partial charge is 0.271 e. The van der Waals surface area contributed by atoms with Gasteiger partial charge in [0.25, 0.3) is 5.91 Å². The predicted molar refractivity (Wildman–Crippen MR) is 83.6 cm³/mol. The number of rotatable bonds is 5. The highest BCUT2D eigenvalue weighted by Crippen LogP contribution is 2.17.